The van der Waals surface area contributed by atoms with Crippen LogP contribution in [0, 0.1) is 10.1 Å². The first-order valence-corrected chi connectivity index (χ1v) is 8.90. The van der Waals surface area contributed by atoms with E-state index < -0.39 is 4.92 Å². The summed E-state index contributed by atoms with van der Waals surface area (Å²) >= 11 is 0. The minimum Gasteiger partial charge on any atom is -0.349 e. The molecule has 1 saturated heterocycles. The summed E-state index contributed by atoms with van der Waals surface area (Å²) in [5.74, 6) is -0.0945. The Morgan fingerprint density at radius 1 is 1.04 bits per heavy atom. The molecule has 2 aromatic carbocycles. The zero-order chi connectivity index (χ0) is 19.2. The molecule has 0 aliphatic carbocycles. The van der Waals surface area contributed by atoms with Crippen LogP contribution in [0.5, 0.6) is 0 Å². The molecule has 0 unspecified atom stereocenters. The number of piperidine rings is 1. The summed E-state index contributed by atoms with van der Waals surface area (Å²) in [6.45, 7) is 1.18. The number of non-ortho nitro benzene ring substituents is 1. The lowest BCUT2D eigenvalue weighted by atomic mass is 10.0. The number of likely N-dealkylation sites (tertiary alicyclic amines) is 1. The minimum absolute atomic E-state index is 0.00307. The molecule has 27 heavy (non-hydrogen) atoms. The van der Waals surface area contributed by atoms with Crippen LogP contribution in [0.15, 0.2) is 54.6 Å². The van der Waals surface area contributed by atoms with Crippen LogP contribution >= 0.6 is 0 Å². The molecule has 0 atom stereocenters. The van der Waals surface area contributed by atoms with Crippen molar-refractivity contribution in [3.8, 4) is 0 Å². The molecule has 0 spiro atoms. The Morgan fingerprint density at radius 2 is 1.67 bits per heavy atom. The number of benzene rings is 2. The SMILES string of the molecule is O=C(NC1CCN(C(=O)Cc2ccc([N+](=O)[O-])cc2)CC1)c1ccccc1. The number of hydrogen-bond donors (Lipinski definition) is 1. The Labute approximate surface area is 157 Å². The monoisotopic (exact) mass is 367 g/mol. The molecule has 2 amide bonds. The van der Waals surface area contributed by atoms with Crippen LogP contribution in [-0.4, -0.2) is 40.8 Å². The topological polar surface area (TPSA) is 92.6 Å². The fourth-order valence-electron chi connectivity index (χ4n) is 3.15. The van der Waals surface area contributed by atoms with Gasteiger partial charge in [-0.1, -0.05) is 30.3 Å². The largest absolute Gasteiger partial charge is 0.349 e. The molecule has 1 N–H and O–H groups in total. The lowest BCUT2D eigenvalue weighted by Gasteiger charge is -2.32. The fraction of sp³-hybridized carbons (Fsp3) is 0.300. The number of rotatable bonds is 5. The first kappa shape index (κ1) is 18.6. The van der Waals surface area contributed by atoms with Crippen LogP contribution in [0.1, 0.15) is 28.8 Å². The van der Waals surface area contributed by atoms with Gasteiger partial charge in [0, 0.05) is 36.8 Å². The van der Waals surface area contributed by atoms with Gasteiger partial charge in [0.2, 0.25) is 5.91 Å². The van der Waals surface area contributed by atoms with E-state index in [1.165, 1.54) is 12.1 Å². The lowest BCUT2D eigenvalue weighted by Crippen LogP contribution is -2.46. The number of nitro groups is 1. The van der Waals surface area contributed by atoms with Gasteiger partial charge in [0.05, 0.1) is 11.3 Å². The van der Waals surface area contributed by atoms with Crippen molar-refractivity contribution < 1.29 is 14.5 Å². The second-order valence-electron chi connectivity index (χ2n) is 6.59. The van der Waals surface area contributed by atoms with E-state index in [2.05, 4.69) is 5.32 Å². The number of nitro benzene ring substituents is 1. The highest BCUT2D eigenvalue weighted by Gasteiger charge is 2.24. The molecule has 0 radical (unpaired) electrons. The van der Waals surface area contributed by atoms with Gasteiger partial charge in [-0.25, -0.2) is 0 Å². The summed E-state index contributed by atoms with van der Waals surface area (Å²) in [6.07, 6.45) is 1.65. The van der Waals surface area contributed by atoms with Crippen LogP contribution < -0.4 is 5.32 Å². The van der Waals surface area contributed by atoms with Crippen molar-refractivity contribution in [1.82, 2.24) is 10.2 Å². The van der Waals surface area contributed by atoms with Gasteiger partial charge in [-0.15, -0.1) is 0 Å². The van der Waals surface area contributed by atoms with Crippen molar-refractivity contribution in [3.05, 3.63) is 75.8 Å². The van der Waals surface area contributed by atoms with E-state index in [0.29, 0.717) is 31.5 Å². The summed E-state index contributed by atoms with van der Waals surface area (Å²) in [5, 5.41) is 13.7. The van der Waals surface area contributed by atoms with Crippen LogP contribution in [0.2, 0.25) is 0 Å². The van der Waals surface area contributed by atoms with Crippen molar-refractivity contribution in [2.75, 3.05) is 13.1 Å². The summed E-state index contributed by atoms with van der Waals surface area (Å²) in [4.78, 5) is 36.7. The van der Waals surface area contributed by atoms with Crippen molar-refractivity contribution in [2.24, 2.45) is 0 Å². The molecule has 1 aliphatic rings. The molecule has 1 aliphatic heterocycles. The third-order valence-corrected chi connectivity index (χ3v) is 4.72. The Balaban J connectivity index is 1.47. The normalized spacial score (nSPS) is 14.6. The fourth-order valence-corrected chi connectivity index (χ4v) is 3.15. The van der Waals surface area contributed by atoms with E-state index in [1.807, 2.05) is 18.2 Å². The second-order valence-corrected chi connectivity index (χ2v) is 6.59. The van der Waals surface area contributed by atoms with Gasteiger partial charge in [0.1, 0.15) is 0 Å². The molecule has 3 rings (SSSR count). The molecule has 7 heteroatoms. The van der Waals surface area contributed by atoms with Crippen LogP contribution in [0.3, 0.4) is 0 Å². The van der Waals surface area contributed by atoms with Crippen molar-refractivity contribution >= 4 is 17.5 Å². The van der Waals surface area contributed by atoms with E-state index in [4.69, 9.17) is 0 Å². The van der Waals surface area contributed by atoms with Gasteiger partial charge in [-0.05, 0) is 30.5 Å². The van der Waals surface area contributed by atoms with Crippen LogP contribution in [-0.2, 0) is 11.2 Å². The van der Waals surface area contributed by atoms with E-state index in [1.54, 1.807) is 29.2 Å². The average molecular weight is 367 g/mol. The molecule has 1 fully saturated rings. The standard InChI is InChI=1S/C20H21N3O4/c24-19(14-15-6-8-18(9-7-15)23(26)27)22-12-10-17(11-13-22)21-20(25)16-4-2-1-3-5-16/h1-9,17H,10-14H2,(H,21,25). The highest BCUT2D eigenvalue weighted by molar-refractivity contribution is 5.94. The molecule has 2 aromatic rings. The van der Waals surface area contributed by atoms with Gasteiger partial charge in [-0.3, -0.25) is 19.7 Å². The summed E-state index contributed by atoms with van der Waals surface area (Å²) < 4.78 is 0. The van der Waals surface area contributed by atoms with Gasteiger partial charge in [-0.2, -0.15) is 0 Å². The maximum absolute atomic E-state index is 12.4. The first-order chi connectivity index (χ1) is 13.0. The molecule has 140 valence electrons. The molecule has 0 aromatic heterocycles. The number of nitrogens with one attached hydrogen (secondary N) is 1. The Kier molecular flexibility index (Phi) is 5.80. The van der Waals surface area contributed by atoms with Crippen LogP contribution in [0.25, 0.3) is 0 Å². The van der Waals surface area contributed by atoms with Gasteiger partial charge < -0.3 is 10.2 Å². The van der Waals surface area contributed by atoms with E-state index in [-0.39, 0.29) is 30.0 Å². The molecular weight excluding hydrogens is 346 g/mol. The maximum atomic E-state index is 12.4. The third-order valence-electron chi connectivity index (χ3n) is 4.72. The van der Waals surface area contributed by atoms with E-state index >= 15 is 0 Å². The van der Waals surface area contributed by atoms with Crippen molar-refractivity contribution in [1.29, 1.82) is 0 Å². The number of carbonyl (C=O) groups is 2. The van der Waals surface area contributed by atoms with E-state index in [0.717, 1.165) is 5.56 Å². The van der Waals surface area contributed by atoms with Gasteiger partial charge in [0.15, 0.2) is 0 Å². The molecule has 1 heterocycles. The smallest absolute Gasteiger partial charge is 0.269 e. The number of hydrogen-bond acceptors (Lipinski definition) is 4. The summed E-state index contributed by atoms with van der Waals surface area (Å²) in [6, 6.07) is 15.2. The molecule has 0 bridgehead atoms. The maximum Gasteiger partial charge on any atom is 0.269 e. The average Bonchev–Trinajstić information content (AvgIpc) is 2.69. The number of amides is 2. The van der Waals surface area contributed by atoms with Crippen molar-refractivity contribution in [2.45, 2.75) is 25.3 Å². The Hall–Kier alpha value is -3.22. The minimum atomic E-state index is -0.458. The molecule has 0 saturated carbocycles. The van der Waals surface area contributed by atoms with Gasteiger partial charge in [0.25, 0.3) is 11.6 Å². The third kappa shape index (κ3) is 4.91. The molecule has 7 nitrogen and oxygen atoms in total. The zero-order valence-corrected chi connectivity index (χ0v) is 14.8. The van der Waals surface area contributed by atoms with Crippen LogP contribution in [0.4, 0.5) is 5.69 Å². The van der Waals surface area contributed by atoms with Crippen molar-refractivity contribution in [3.63, 3.8) is 0 Å². The Morgan fingerprint density at radius 3 is 2.26 bits per heavy atom. The number of carbonyl (C=O) groups excluding carboxylic acids is 2. The summed E-state index contributed by atoms with van der Waals surface area (Å²) in [5.41, 5.74) is 1.40. The summed E-state index contributed by atoms with van der Waals surface area (Å²) in [7, 11) is 0. The highest BCUT2D eigenvalue weighted by Crippen LogP contribution is 2.16. The quantitative estimate of drug-likeness (QED) is 0.649. The highest BCUT2D eigenvalue weighted by atomic mass is 16.6. The van der Waals surface area contributed by atoms with Gasteiger partial charge >= 0.3 is 0 Å². The van der Waals surface area contributed by atoms with E-state index in [9.17, 15) is 19.7 Å². The Bertz CT molecular complexity index is 813. The predicted molar refractivity (Wildman–Crippen MR) is 100 cm³/mol. The lowest BCUT2D eigenvalue weighted by molar-refractivity contribution is -0.384. The second kappa shape index (κ2) is 8.44. The number of nitrogens with zero attached hydrogens (tertiary/aromatic N) is 2. The zero-order valence-electron chi connectivity index (χ0n) is 14.8. The predicted octanol–water partition coefficient (Wildman–Crippen LogP) is 2.56. The molecular formula is C20H21N3O4. The first-order valence-electron chi connectivity index (χ1n) is 8.90.